The monoisotopic (exact) mass is 311 g/mol. The number of aromatic nitrogens is 1. The predicted octanol–water partition coefficient (Wildman–Crippen LogP) is 3.98. The normalized spacial score (nSPS) is 10.7. The molecule has 3 N–H and O–H groups in total. The molecule has 1 heterocycles. The van der Waals surface area contributed by atoms with Gasteiger partial charge in [-0.05, 0) is 48.7 Å². The lowest BCUT2D eigenvalue weighted by Crippen LogP contribution is -2.30. The highest BCUT2D eigenvalue weighted by atomic mass is 19.1. The Hall–Kier alpha value is -2.82. The Balaban J connectivity index is 1.55. The fourth-order valence-electron chi connectivity index (χ4n) is 2.59. The summed E-state index contributed by atoms with van der Waals surface area (Å²) in [5, 5.41) is 6.66. The summed E-state index contributed by atoms with van der Waals surface area (Å²) in [4.78, 5) is 15.1. The number of carbonyl (C=O) groups is 1. The number of nitrogens with one attached hydrogen (secondary N) is 3. The quantitative estimate of drug-likeness (QED) is 0.670. The van der Waals surface area contributed by atoms with Crippen LogP contribution in [0.1, 0.15) is 11.1 Å². The Kier molecular flexibility index (Phi) is 4.28. The first-order chi connectivity index (χ1) is 11.1. The van der Waals surface area contributed by atoms with Gasteiger partial charge in [0.2, 0.25) is 0 Å². The second-order valence-electron chi connectivity index (χ2n) is 5.45. The fourth-order valence-corrected chi connectivity index (χ4v) is 2.59. The zero-order valence-electron chi connectivity index (χ0n) is 12.8. The van der Waals surface area contributed by atoms with Crippen molar-refractivity contribution in [3.8, 4) is 0 Å². The van der Waals surface area contributed by atoms with E-state index >= 15 is 0 Å². The van der Waals surface area contributed by atoms with E-state index in [9.17, 15) is 9.18 Å². The van der Waals surface area contributed by atoms with Crippen molar-refractivity contribution < 1.29 is 9.18 Å². The number of benzene rings is 2. The summed E-state index contributed by atoms with van der Waals surface area (Å²) in [6, 6.07) is 11.5. The van der Waals surface area contributed by atoms with Crippen LogP contribution in [-0.2, 0) is 6.42 Å². The molecule has 0 saturated heterocycles. The van der Waals surface area contributed by atoms with Gasteiger partial charge in [0.25, 0.3) is 0 Å². The smallest absolute Gasteiger partial charge is 0.319 e. The van der Waals surface area contributed by atoms with Crippen molar-refractivity contribution in [3.05, 3.63) is 65.6 Å². The number of fused-ring (bicyclic) bond motifs is 1. The van der Waals surface area contributed by atoms with Gasteiger partial charge in [-0.2, -0.15) is 0 Å². The second-order valence-corrected chi connectivity index (χ2v) is 5.45. The second kappa shape index (κ2) is 6.52. The lowest BCUT2D eigenvalue weighted by molar-refractivity contribution is 0.252. The fraction of sp³-hybridized carbons (Fsp3) is 0.167. The van der Waals surface area contributed by atoms with E-state index in [1.807, 2.05) is 12.3 Å². The summed E-state index contributed by atoms with van der Waals surface area (Å²) in [6.07, 6.45) is 2.72. The highest BCUT2D eigenvalue weighted by Gasteiger charge is 2.06. The van der Waals surface area contributed by atoms with Crippen LogP contribution in [-0.4, -0.2) is 17.6 Å². The molecule has 0 unspecified atom stereocenters. The largest absolute Gasteiger partial charge is 0.361 e. The van der Waals surface area contributed by atoms with E-state index in [0.29, 0.717) is 12.2 Å². The zero-order chi connectivity index (χ0) is 16.2. The average molecular weight is 311 g/mol. The van der Waals surface area contributed by atoms with Crippen LogP contribution in [0.15, 0.2) is 48.7 Å². The van der Waals surface area contributed by atoms with Crippen LogP contribution in [0.25, 0.3) is 10.9 Å². The molecule has 0 spiro atoms. The number of halogens is 1. The summed E-state index contributed by atoms with van der Waals surface area (Å²) in [5.74, 6) is -0.328. The first-order valence-electron chi connectivity index (χ1n) is 7.49. The Bertz CT molecular complexity index is 824. The van der Waals surface area contributed by atoms with E-state index < -0.39 is 0 Å². The molecule has 23 heavy (non-hydrogen) atoms. The van der Waals surface area contributed by atoms with E-state index in [1.54, 1.807) is 0 Å². The molecule has 3 rings (SSSR count). The van der Waals surface area contributed by atoms with Crippen LogP contribution in [0.3, 0.4) is 0 Å². The van der Waals surface area contributed by atoms with Gasteiger partial charge in [0.05, 0.1) is 0 Å². The van der Waals surface area contributed by atoms with Crippen molar-refractivity contribution in [2.75, 3.05) is 11.9 Å². The molecule has 0 aliphatic heterocycles. The Morgan fingerprint density at radius 3 is 2.74 bits per heavy atom. The number of anilines is 1. The molecule has 0 aliphatic rings. The molecular weight excluding hydrogens is 293 g/mol. The number of amides is 2. The van der Waals surface area contributed by atoms with E-state index in [1.165, 1.54) is 40.8 Å². The van der Waals surface area contributed by atoms with Gasteiger partial charge in [0.15, 0.2) is 0 Å². The van der Waals surface area contributed by atoms with Crippen LogP contribution in [0.2, 0.25) is 0 Å². The van der Waals surface area contributed by atoms with Crippen LogP contribution < -0.4 is 10.6 Å². The minimum absolute atomic E-state index is 0.298. The number of aryl methyl sites for hydroxylation is 1. The van der Waals surface area contributed by atoms with E-state index in [-0.39, 0.29) is 11.8 Å². The van der Waals surface area contributed by atoms with Crippen molar-refractivity contribution in [2.24, 2.45) is 0 Å². The summed E-state index contributed by atoms with van der Waals surface area (Å²) >= 11 is 0. The number of rotatable bonds is 4. The van der Waals surface area contributed by atoms with E-state index in [4.69, 9.17) is 0 Å². The number of H-pyrrole nitrogens is 1. The standard InChI is InChI=1S/C18H18FN3O/c1-12-3-2-4-16-13(11-21-17(12)16)9-10-20-18(23)22-15-7-5-14(19)6-8-15/h2-8,11,21H,9-10H2,1H3,(H2,20,22,23). The maximum absolute atomic E-state index is 12.8. The molecule has 5 heteroatoms. The molecule has 1 aromatic heterocycles. The van der Waals surface area contributed by atoms with Gasteiger partial charge in [0, 0.05) is 29.3 Å². The Morgan fingerprint density at radius 2 is 1.96 bits per heavy atom. The molecule has 118 valence electrons. The lowest BCUT2D eigenvalue weighted by Gasteiger charge is -2.07. The topological polar surface area (TPSA) is 56.9 Å². The zero-order valence-corrected chi connectivity index (χ0v) is 12.8. The number of carbonyl (C=O) groups excluding carboxylic acids is 1. The van der Waals surface area contributed by atoms with E-state index in [0.717, 1.165) is 11.9 Å². The highest BCUT2D eigenvalue weighted by Crippen LogP contribution is 2.21. The molecule has 0 bridgehead atoms. The average Bonchev–Trinajstić information content (AvgIpc) is 2.94. The van der Waals surface area contributed by atoms with Crippen LogP contribution in [0, 0.1) is 12.7 Å². The first kappa shape index (κ1) is 15.1. The summed E-state index contributed by atoms with van der Waals surface area (Å²) in [6.45, 7) is 2.59. The maximum Gasteiger partial charge on any atom is 0.319 e. The van der Waals surface area contributed by atoms with Crippen molar-refractivity contribution in [3.63, 3.8) is 0 Å². The Morgan fingerprint density at radius 1 is 1.17 bits per heavy atom. The Labute approximate surface area is 133 Å². The van der Waals surface area contributed by atoms with Crippen LogP contribution in [0.4, 0.5) is 14.9 Å². The first-order valence-corrected chi connectivity index (χ1v) is 7.49. The van der Waals surface area contributed by atoms with Crippen molar-refractivity contribution in [1.29, 1.82) is 0 Å². The maximum atomic E-state index is 12.8. The summed E-state index contributed by atoms with van der Waals surface area (Å²) in [7, 11) is 0. The van der Waals surface area contributed by atoms with Gasteiger partial charge in [-0.3, -0.25) is 0 Å². The third-order valence-electron chi connectivity index (χ3n) is 3.79. The van der Waals surface area contributed by atoms with E-state index in [2.05, 4.69) is 34.7 Å². The van der Waals surface area contributed by atoms with Gasteiger partial charge in [-0.1, -0.05) is 18.2 Å². The third-order valence-corrected chi connectivity index (χ3v) is 3.79. The SMILES string of the molecule is Cc1cccc2c(CCNC(=O)Nc3ccc(F)cc3)c[nH]c12. The summed E-state index contributed by atoms with van der Waals surface area (Å²) in [5.41, 5.74) is 4.08. The van der Waals surface area contributed by atoms with Crippen molar-refractivity contribution in [1.82, 2.24) is 10.3 Å². The van der Waals surface area contributed by atoms with Gasteiger partial charge in [-0.25, -0.2) is 9.18 Å². The molecule has 2 aromatic carbocycles. The van der Waals surface area contributed by atoms with Crippen molar-refractivity contribution in [2.45, 2.75) is 13.3 Å². The minimum Gasteiger partial charge on any atom is -0.361 e. The number of para-hydroxylation sites is 1. The van der Waals surface area contributed by atoms with Crippen molar-refractivity contribution >= 4 is 22.6 Å². The molecule has 0 saturated carbocycles. The highest BCUT2D eigenvalue weighted by molar-refractivity contribution is 5.89. The van der Waals surface area contributed by atoms with Gasteiger partial charge >= 0.3 is 6.03 Å². The molecule has 2 amide bonds. The molecule has 4 nitrogen and oxygen atoms in total. The molecule has 0 fully saturated rings. The van der Waals surface area contributed by atoms with Crippen LogP contribution >= 0.6 is 0 Å². The predicted molar refractivity (Wildman–Crippen MR) is 90.2 cm³/mol. The number of urea groups is 1. The van der Waals surface area contributed by atoms with Gasteiger partial charge < -0.3 is 15.6 Å². The third kappa shape index (κ3) is 3.51. The molecule has 0 aliphatic carbocycles. The lowest BCUT2D eigenvalue weighted by atomic mass is 10.1. The minimum atomic E-state index is -0.328. The molecule has 0 radical (unpaired) electrons. The molecular formula is C18H18FN3O. The number of hydrogen-bond acceptors (Lipinski definition) is 1. The molecule has 0 atom stereocenters. The van der Waals surface area contributed by atoms with Gasteiger partial charge in [0.1, 0.15) is 5.82 Å². The molecule has 3 aromatic rings. The van der Waals surface area contributed by atoms with Crippen LogP contribution in [0.5, 0.6) is 0 Å². The van der Waals surface area contributed by atoms with Gasteiger partial charge in [-0.15, -0.1) is 0 Å². The number of aromatic amines is 1. The summed E-state index contributed by atoms with van der Waals surface area (Å²) < 4.78 is 12.8. The number of hydrogen-bond donors (Lipinski definition) is 3.